The SMILES string of the molecule is O=C1CC(OCc2ccccc2Cl)C12CCCCCC2. The van der Waals surface area contributed by atoms with E-state index >= 15 is 0 Å². The van der Waals surface area contributed by atoms with Crippen LogP contribution in [0, 0.1) is 5.41 Å². The van der Waals surface area contributed by atoms with Crippen LogP contribution in [0.4, 0.5) is 0 Å². The summed E-state index contributed by atoms with van der Waals surface area (Å²) < 4.78 is 6.06. The average Bonchev–Trinajstić information content (AvgIpc) is 2.73. The van der Waals surface area contributed by atoms with Crippen LogP contribution in [0.5, 0.6) is 0 Å². The largest absolute Gasteiger partial charge is 0.372 e. The number of hydrogen-bond donors (Lipinski definition) is 0. The first-order chi connectivity index (χ1) is 9.72. The number of carbonyl (C=O) groups excluding carboxylic acids is 1. The van der Waals surface area contributed by atoms with Crippen molar-refractivity contribution in [3.05, 3.63) is 34.9 Å². The van der Waals surface area contributed by atoms with Crippen molar-refractivity contribution in [1.82, 2.24) is 0 Å². The number of ketones is 1. The highest BCUT2D eigenvalue weighted by Crippen LogP contribution is 2.49. The normalized spacial score (nSPS) is 25.2. The van der Waals surface area contributed by atoms with E-state index in [0.29, 0.717) is 18.8 Å². The lowest BCUT2D eigenvalue weighted by Gasteiger charge is -2.47. The van der Waals surface area contributed by atoms with Gasteiger partial charge in [-0.2, -0.15) is 0 Å². The van der Waals surface area contributed by atoms with Gasteiger partial charge in [0.05, 0.1) is 18.1 Å². The number of carbonyl (C=O) groups is 1. The van der Waals surface area contributed by atoms with E-state index < -0.39 is 0 Å². The van der Waals surface area contributed by atoms with Crippen LogP contribution in [-0.4, -0.2) is 11.9 Å². The fourth-order valence-electron chi connectivity index (χ4n) is 3.60. The molecule has 1 unspecified atom stereocenters. The summed E-state index contributed by atoms with van der Waals surface area (Å²) in [4.78, 5) is 12.1. The fourth-order valence-corrected chi connectivity index (χ4v) is 3.79. The van der Waals surface area contributed by atoms with Crippen molar-refractivity contribution in [2.45, 2.75) is 57.7 Å². The standard InChI is InChI=1S/C17H21ClO2/c18-14-8-4-3-7-13(14)12-20-16-11-15(19)17(16)9-5-1-2-6-10-17/h3-4,7-8,16H,1-2,5-6,9-12H2. The maximum absolute atomic E-state index is 12.1. The first-order valence-corrected chi connectivity index (χ1v) is 7.98. The Kier molecular flexibility index (Phi) is 4.13. The molecule has 0 radical (unpaired) electrons. The Morgan fingerprint density at radius 2 is 1.85 bits per heavy atom. The Bertz CT molecular complexity index is 490. The van der Waals surface area contributed by atoms with Gasteiger partial charge in [-0.3, -0.25) is 4.79 Å². The highest BCUT2D eigenvalue weighted by atomic mass is 35.5. The molecule has 0 aliphatic heterocycles. The van der Waals surface area contributed by atoms with Crippen LogP contribution in [0.15, 0.2) is 24.3 Å². The molecule has 0 heterocycles. The summed E-state index contributed by atoms with van der Waals surface area (Å²) in [6.45, 7) is 0.513. The Morgan fingerprint density at radius 3 is 2.50 bits per heavy atom. The average molecular weight is 293 g/mol. The minimum absolute atomic E-state index is 0.101. The van der Waals surface area contributed by atoms with Crippen LogP contribution in [-0.2, 0) is 16.1 Å². The van der Waals surface area contributed by atoms with E-state index in [1.807, 2.05) is 24.3 Å². The molecule has 20 heavy (non-hydrogen) atoms. The molecule has 0 amide bonds. The van der Waals surface area contributed by atoms with E-state index in [9.17, 15) is 4.79 Å². The zero-order chi connectivity index (χ0) is 14.0. The summed E-state index contributed by atoms with van der Waals surface area (Å²) >= 11 is 6.15. The quantitative estimate of drug-likeness (QED) is 0.817. The van der Waals surface area contributed by atoms with Crippen LogP contribution in [0.25, 0.3) is 0 Å². The van der Waals surface area contributed by atoms with Gasteiger partial charge in [0.25, 0.3) is 0 Å². The van der Waals surface area contributed by atoms with Gasteiger partial charge < -0.3 is 4.74 Å². The maximum atomic E-state index is 12.1. The second-order valence-electron chi connectivity index (χ2n) is 6.09. The second kappa shape index (κ2) is 5.87. The third kappa shape index (κ3) is 2.51. The van der Waals surface area contributed by atoms with Crippen molar-refractivity contribution in [3.8, 4) is 0 Å². The van der Waals surface area contributed by atoms with Crippen LogP contribution in [0.2, 0.25) is 5.02 Å². The number of benzene rings is 1. The Morgan fingerprint density at radius 1 is 1.15 bits per heavy atom. The molecule has 0 N–H and O–H groups in total. The molecule has 2 nitrogen and oxygen atoms in total. The third-order valence-electron chi connectivity index (χ3n) is 4.94. The lowest BCUT2D eigenvalue weighted by atomic mass is 9.60. The first-order valence-electron chi connectivity index (χ1n) is 7.61. The molecular weight excluding hydrogens is 272 g/mol. The van der Waals surface area contributed by atoms with E-state index in [-0.39, 0.29) is 11.5 Å². The lowest BCUT2D eigenvalue weighted by Crippen LogP contribution is -2.55. The van der Waals surface area contributed by atoms with Gasteiger partial charge in [0.1, 0.15) is 5.78 Å². The monoisotopic (exact) mass is 292 g/mol. The Labute approximate surface area is 125 Å². The Hall–Kier alpha value is -0.860. The molecule has 3 heteroatoms. The van der Waals surface area contributed by atoms with Gasteiger partial charge in [-0.15, -0.1) is 0 Å². The molecule has 0 aromatic heterocycles. The van der Waals surface area contributed by atoms with Gasteiger partial charge in [-0.05, 0) is 24.5 Å². The summed E-state index contributed by atoms with van der Waals surface area (Å²) in [7, 11) is 0. The minimum atomic E-state index is -0.169. The van der Waals surface area contributed by atoms with Crippen LogP contribution in [0.1, 0.15) is 50.5 Å². The summed E-state index contributed by atoms with van der Waals surface area (Å²) in [6, 6.07) is 7.76. The molecule has 1 aromatic rings. The number of halogens is 1. The Balaban J connectivity index is 1.66. The predicted octanol–water partition coefficient (Wildman–Crippen LogP) is 4.54. The van der Waals surface area contributed by atoms with Gasteiger partial charge >= 0.3 is 0 Å². The maximum Gasteiger partial charge on any atom is 0.144 e. The van der Waals surface area contributed by atoms with Crippen molar-refractivity contribution in [1.29, 1.82) is 0 Å². The van der Waals surface area contributed by atoms with E-state index in [2.05, 4.69) is 0 Å². The molecule has 108 valence electrons. The van der Waals surface area contributed by atoms with Gasteiger partial charge in [-0.1, -0.05) is 55.5 Å². The summed E-state index contributed by atoms with van der Waals surface area (Å²) in [5, 5.41) is 0.744. The van der Waals surface area contributed by atoms with Crippen molar-refractivity contribution >= 4 is 17.4 Å². The van der Waals surface area contributed by atoms with Crippen molar-refractivity contribution in [2.75, 3.05) is 0 Å². The van der Waals surface area contributed by atoms with Crippen LogP contribution < -0.4 is 0 Å². The highest BCUT2D eigenvalue weighted by molar-refractivity contribution is 6.31. The van der Waals surface area contributed by atoms with Gasteiger partial charge in [0.15, 0.2) is 0 Å². The third-order valence-corrected chi connectivity index (χ3v) is 5.30. The number of rotatable bonds is 3. The molecule has 2 saturated carbocycles. The highest BCUT2D eigenvalue weighted by Gasteiger charge is 2.54. The summed E-state index contributed by atoms with van der Waals surface area (Å²) in [5.41, 5.74) is 0.842. The van der Waals surface area contributed by atoms with Crippen LogP contribution in [0.3, 0.4) is 0 Å². The molecule has 2 aliphatic rings. The smallest absolute Gasteiger partial charge is 0.144 e. The van der Waals surface area contributed by atoms with Crippen molar-refractivity contribution in [3.63, 3.8) is 0 Å². The van der Waals surface area contributed by atoms with Gasteiger partial charge in [0.2, 0.25) is 0 Å². The summed E-state index contributed by atoms with van der Waals surface area (Å²) in [6.07, 6.45) is 7.56. The first kappa shape index (κ1) is 14.1. The summed E-state index contributed by atoms with van der Waals surface area (Å²) in [5.74, 6) is 0.420. The molecule has 2 aliphatic carbocycles. The molecule has 0 bridgehead atoms. The number of Topliss-reactive ketones (excluding diaryl/α,β-unsaturated/α-hetero) is 1. The predicted molar refractivity (Wildman–Crippen MR) is 79.8 cm³/mol. The number of ether oxygens (including phenoxy) is 1. The molecule has 1 aromatic carbocycles. The lowest BCUT2D eigenvalue weighted by molar-refractivity contribution is -0.168. The van der Waals surface area contributed by atoms with E-state index in [4.69, 9.17) is 16.3 Å². The molecule has 3 rings (SSSR count). The number of hydrogen-bond acceptors (Lipinski definition) is 2. The van der Waals surface area contributed by atoms with Crippen molar-refractivity contribution in [2.24, 2.45) is 5.41 Å². The van der Waals surface area contributed by atoms with E-state index in [1.165, 1.54) is 12.8 Å². The molecule has 0 saturated heterocycles. The van der Waals surface area contributed by atoms with E-state index in [1.54, 1.807) is 0 Å². The van der Waals surface area contributed by atoms with Crippen molar-refractivity contribution < 1.29 is 9.53 Å². The molecule has 1 atom stereocenters. The molecule has 2 fully saturated rings. The zero-order valence-electron chi connectivity index (χ0n) is 11.7. The van der Waals surface area contributed by atoms with Crippen LogP contribution >= 0.6 is 11.6 Å². The van der Waals surface area contributed by atoms with E-state index in [0.717, 1.165) is 36.3 Å². The minimum Gasteiger partial charge on any atom is -0.372 e. The topological polar surface area (TPSA) is 26.3 Å². The second-order valence-corrected chi connectivity index (χ2v) is 6.50. The molecular formula is C17H21ClO2. The van der Waals surface area contributed by atoms with Gasteiger partial charge in [0, 0.05) is 11.4 Å². The fraction of sp³-hybridized carbons (Fsp3) is 0.588. The molecule has 1 spiro atoms. The zero-order valence-corrected chi connectivity index (χ0v) is 12.5. The van der Waals surface area contributed by atoms with Gasteiger partial charge in [-0.25, -0.2) is 0 Å².